The largest absolute Gasteiger partial charge is 0.456 e. The number of para-hydroxylation sites is 4. The van der Waals surface area contributed by atoms with Crippen molar-refractivity contribution >= 4 is 167 Å². The molecule has 0 unspecified atom stereocenters. The summed E-state index contributed by atoms with van der Waals surface area (Å²) in [5.74, 6) is 0. The molecular formula is C118H92BN3O4. The van der Waals surface area contributed by atoms with Crippen LogP contribution in [0, 0.1) is 0 Å². The number of nitrogens with zero attached hydrogens (tertiary/aromatic N) is 3. The predicted octanol–water partition coefficient (Wildman–Crippen LogP) is 31.7. The van der Waals surface area contributed by atoms with Gasteiger partial charge in [0.25, 0.3) is 6.71 Å². The van der Waals surface area contributed by atoms with Gasteiger partial charge in [-0.15, -0.1) is 0 Å². The lowest BCUT2D eigenvalue weighted by molar-refractivity contribution is 0.590. The Kier molecular flexibility index (Phi) is 16.4. The van der Waals surface area contributed by atoms with Crippen LogP contribution in [0.3, 0.4) is 0 Å². The number of aromatic nitrogens is 1. The summed E-state index contributed by atoms with van der Waals surface area (Å²) in [5.41, 5.74) is 36.8. The smallest absolute Gasteiger partial charge is 0.252 e. The van der Waals surface area contributed by atoms with Gasteiger partial charge in [-0.1, -0.05) is 283 Å². The molecule has 7 nitrogen and oxygen atoms in total. The van der Waals surface area contributed by atoms with Gasteiger partial charge in [-0.3, -0.25) is 0 Å². The van der Waals surface area contributed by atoms with Gasteiger partial charge < -0.3 is 32.0 Å². The van der Waals surface area contributed by atoms with Crippen molar-refractivity contribution in [3.63, 3.8) is 0 Å². The molecule has 2 aliphatic rings. The Morgan fingerprint density at radius 1 is 0.222 bits per heavy atom. The van der Waals surface area contributed by atoms with Gasteiger partial charge in [0.15, 0.2) is 0 Å². The summed E-state index contributed by atoms with van der Waals surface area (Å²) >= 11 is 0. The summed E-state index contributed by atoms with van der Waals surface area (Å²) in [6, 6.07) is 128. The van der Waals surface area contributed by atoms with Crippen molar-refractivity contribution in [3.05, 3.63) is 362 Å². The standard InChI is InChI=1S/C118H92BN3O4/c1-115(2,3)75-48-53-96-88(62-75)89-63-76(116(4,5)6)49-54-97(89)120(96)79-50-52-95-99(68-79)122(114-87(70-31-17-14-18-32-70)65-78(118(10,11)12)67-93(114)83-38-28-44-109-111(83)85-36-22-26-42-105(85)126-109)101-61-74(72-47-56-107-91(58-72)81-34-20-24-40-103(81)124-107)60-100-112(101)119(95)94-51-45-73(71-46-55-106-90(57-71)80-33-19-23-39-102(80)123-106)59-98(94)121(100)113-86(69-29-15-13-16-30-69)64-77(117(7,8)9)66-92(113)82-37-27-43-108-110(82)84-35-21-25-41-104(84)125-108/h13-68H,1-12H3. The maximum Gasteiger partial charge on any atom is 0.252 e. The molecule has 0 saturated heterocycles. The van der Waals surface area contributed by atoms with Crippen molar-refractivity contribution in [1.82, 2.24) is 4.57 Å². The van der Waals surface area contributed by atoms with Crippen molar-refractivity contribution in [1.29, 1.82) is 0 Å². The maximum absolute atomic E-state index is 7.04. The fourth-order valence-corrected chi connectivity index (χ4v) is 20.7. The quantitative estimate of drug-likeness (QED) is 0.134. The summed E-state index contributed by atoms with van der Waals surface area (Å²) in [6.45, 7) is 27.7. The summed E-state index contributed by atoms with van der Waals surface area (Å²) in [7, 11) is 0. The molecule has 126 heavy (non-hydrogen) atoms. The molecule has 606 valence electrons. The van der Waals surface area contributed by atoms with Gasteiger partial charge in [-0.25, -0.2) is 0 Å². The average Bonchev–Trinajstić information content (AvgIpc) is 0.810. The molecule has 0 bridgehead atoms. The van der Waals surface area contributed by atoms with Crippen LogP contribution in [0.1, 0.15) is 105 Å². The van der Waals surface area contributed by atoms with E-state index in [4.69, 9.17) is 17.7 Å². The molecule has 7 heterocycles. The molecule has 24 rings (SSSR count). The Labute approximate surface area is 733 Å². The van der Waals surface area contributed by atoms with Crippen molar-refractivity contribution in [2.75, 3.05) is 9.80 Å². The number of benzene rings is 17. The molecule has 17 aromatic carbocycles. The van der Waals surface area contributed by atoms with E-state index in [1.165, 1.54) is 33.0 Å². The number of anilines is 6. The van der Waals surface area contributed by atoms with E-state index in [0.29, 0.717) is 0 Å². The molecule has 0 radical (unpaired) electrons. The maximum atomic E-state index is 7.04. The molecule has 22 aromatic rings. The van der Waals surface area contributed by atoms with Crippen LogP contribution < -0.4 is 26.2 Å². The normalized spacial score (nSPS) is 13.2. The minimum atomic E-state index is -0.385. The van der Waals surface area contributed by atoms with Crippen molar-refractivity contribution in [2.45, 2.75) is 105 Å². The summed E-state index contributed by atoms with van der Waals surface area (Å²) in [4.78, 5) is 5.45. The Morgan fingerprint density at radius 3 is 1.04 bits per heavy atom. The lowest BCUT2D eigenvalue weighted by Crippen LogP contribution is -2.61. The second-order valence-electron chi connectivity index (χ2n) is 39.1. The van der Waals surface area contributed by atoms with Gasteiger partial charge in [0.2, 0.25) is 0 Å². The zero-order chi connectivity index (χ0) is 85.3. The first-order chi connectivity index (χ1) is 61.0. The highest BCUT2D eigenvalue weighted by Gasteiger charge is 2.47. The molecule has 8 heteroatoms. The topological polar surface area (TPSA) is 64.0 Å². The first-order valence-electron chi connectivity index (χ1n) is 44.3. The SMILES string of the molecule is CC(C)(C)c1cc(-c2ccccc2)c(N2c3cc(-c4ccc5oc6ccccc6c5c4)ccc3B3c4ccc(-n5c6ccc(C(C)(C)C)cc6c6cc(C(C)(C)C)ccc65)cc4N(c4c(-c5ccccc5)cc(C(C)(C)C)cc4-c4cccc5oc6ccccc6c45)c4cc(-c5ccc6oc7ccccc7c6c5)cc2c43)c(-c2cccc3oc4ccccc4c23)c1. The third-order valence-corrected chi connectivity index (χ3v) is 27.2. The molecule has 0 N–H and O–H groups in total. The third-order valence-electron chi connectivity index (χ3n) is 27.2. The zero-order valence-electron chi connectivity index (χ0n) is 72.9. The minimum Gasteiger partial charge on any atom is -0.456 e. The van der Waals surface area contributed by atoms with Crippen LogP contribution in [0.4, 0.5) is 34.1 Å². The van der Waals surface area contributed by atoms with Crippen molar-refractivity contribution in [3.8, 4) is 72.4 Å². The zero-order valence-corrected chi connectivity index (χ0v) is 72.9. The molecular weight excluding hydrogens is 1530 g/mol. The second-order valence-corrected chi connectivity index (χ2v) is 39.1. The molecule has 2 aliphatic heterocycles. The van der Waals surface area contributed by atoms with Crippen LogP contribution in [-0.2, 0) is 21.7 Å². The van der Waals surface area contributed by atoms with E-state index in [2.05, 4.69) is 437 Å². The molecule has 0 amide bonds. The molecule has 0 fully saturated rings. The number of hydrogen-bond acceptors (Lipinski definition) is 6. The second kappa shape index (κ2) is 27.5. The average molecular weight is 1630 g/mol. The summed E-state index contributed by atoms with van der Waals surface area (Å²) < 4.78 is 30.1. The van der Waals surface area contributed by atoms with Crippen LogP contribution >= 0.6 is 0 Å². The van der Waals surface area contributed by atoms with Crippen LogP contribution in [0.15, 0.2) is 357 Å². The van der Waals surface area contributed by atoms with Gasteiger partial charge in [-0.05, 0) is 244 Å². The summed E-state index contributed by atoms with van der Waals surface area (Å²) in [6.07, 6.45) is 0. The van der Waals surface area contributed by atoms with Gasteiger partial charge in [0.1, 0.15) is 44.7 Å². The lowest BCUT2D eigenvalue weighted by Gasteiger charge is -2.46. The highest BCUT2D eigenvalue weighted by atomic mass is 16.3. The molecule has 0 atom stereocenters. The fourth-order valence-electron chi connectivity index (χ4n) is 20.7. The van der Waals surface area contributed by atoms with Gasteiger partial charge in [-0.2, -0.15) is 0 Å². The number of furan rings is 4. The van der Waals surface area contributed by atoms with E-state index in [9.17, 15) is 0 Å². The van der Waals surface area contributed by atoms with E-state index in [1.54, 1.807) is 0 Å². The highest BCUT2D eigenvalue weighted by Crippen LogP contribution is 2.58. The summed E-state index contributed by atoms with van der Waals surface area (Å²) in [5, 5.41) is 10.9. The van der Waals surface area contributed by atoms with E-state index in [0.717, 1.165) is 222 Å². The van der Waals surface area contributed by atoms with Gasteiger partial charge >= 0.3 is 0 Å². The van der Waals surface area contributed by atoms with Crippen LogP contribution in [0.2, 0.25) is 0 Å². The number of hydrogen-bond donors (Lipinski definition) is 0. The fraction of sp³-hybridized carbons (Fsp3) is 0.136. The van der Waals surface area contributed by atoms with Crippen molar-refractivity contribution < 1.29 is 17.7 Å². The van der Waals surface area contributed by atoms with Crippen LogP contribution in [-0.4, -0.2) is 11.3 Å². The first-order valence-corrected chi connectivity index (χ1v) is 44.3. The predicted molar refractivity (Wildman–Crippen MR) is 531 cm³/mol. The molecule has 0 aliphatic carbocycles. The Bertz CT molecular complexity index is 8270. The van der Waals surface area contributed by atoms with E-state index >= 15 is 0 Å². The minimum absolute atomic E-state index is 0.109. The lowest BCUT2D eigenvalue weighted by atomic mass is 9.33. The third kappa shape index (κ3) is 11.7. The van der Waals surface area contributed by atoms with Gasteiger partial charge in [0, 0.05) is 105 Å². The molecule has 0 spiro atoms. The highest BCUT2D eigenvalue weighted by molar-refractivity contribution is 7.00. The van der Waals surface area contributed by atoms with E-state index in [1.807, 2.05) is 0 Å². The number of fused-ring (bicyclic) bond motifs is 19. The van der Waals surface area contributed by atoms with Crippen molar-refractivity contribution in [2.24, 2.45) is 0 Å². The van der Waals surface area contributed by atoms with Crippen LogP contribution in [0.25, 0.3) is 182 Å². The van der Waals surface area contributed by atoms with E-state index in [-0.39, 0.29) is 28.4 Å². The molecule has 0 saturated carbocycles. The monoisotopic (exact) mass is 1630 g/mol. The molecule has 5 aromatic heterocycles. The van der Waals surface area contributed by atoms with Crippen LogP contribution in [0.5, 0.6) is 0 Å². The van der Waals surface area contributed by atoms with E-state index < -0.39 is 0 Å². The Hall–Kier alpha value is -14.6. The Balaban J connectivity index is 0.904. The first kappa shape index (κ1) is 75.2. The Morgan fingerprint density at radius 2 is 0.579 bits per heavy atom. The number of rotatable bonds is 9. The van der Waals surface area contributed by atoms with Gasteiger partial charge in [0.05, 0.1) is 22.4 Å².